The van der Waals surface area contributed by atoms with Crippen LogP contribution in [0.5, 0.6) is 0 Å². The number of hydrogen-bond donors (Lipinski definition) is 0. The topological polar surface area (TPSA) is 43.9 Å². The van der Waals surface area contributed by atoms with Crippen LogP contribution in [0.3, 0.4) is 0 Å². The quantitative estimate of drug-likeness (QED) is 0.757. The van der Waals surface area contributed by atoms with E-state index in [1.807, 2.05) is 26.8 Å². The van der Waals surface area contributed by atoms with Crippen LogP contribution in [-0.4, -0.2) is 60.7 Å². The van der Waals surface area contributed by atoms with Gasteiger partial charge in [-0.1, -0.05) is 37.3 Å². The predicted octanol–water partition coefficient (Wildman–Crippen LogP) is 2.73. The molecule has 0 bridgehead atoms. The van der Waals surface area contributed by atoms with Crippen molar-refractivity contribution in [1.29, 1.82) is 0 Å². The average molecular weight is 354 g/mol. The first-order valence-electron chi connectivity index (χ1n) is 8.82. The molecule has 0 amide bonds. The second kappa shape index (κ2) is 7.95. The maximum Gasteiger partial charge on any atom is 0.282 e. The van der Waals surface area contributed by atoms with Gasteiger partial charge < -0.3 is 0 Å². The highest BCUT2D eigenvalue weighted by Gasteiger charge is 2.37. The Morgan fingerprint density at radius 3 is 2.38 bits per heavy atom. The van der Waals surface area contributed by atoms with Crippen LogP contribution in [0.25, 0.3) is 0 Å². The maximum absolute atomic E-state index is 12.9. The molecule has 24 heavy (non-hydrogen) atoms. The zero-order valence-corrected chi connectivity index (χ0v) is 16.3. The van der Waals surface area contributed by atoms with Crippen LogP contribution in [0.1, 0.15) is 45.7 Å². The second-order valence-corrected chi connectivity index (χ2v) is 8.79. The molecule has 1 aromatic rings. The van der Waals surface area contributed by atoms with E-state index in [0.717, 1.165) is 19.5 Å². The van der Waals surface area contributed by atoms with Crippen LogP contribution >= 0.6 is 0 Å². The first-order chi connectivity index (χ1) is 11.3. The zero-order valence-electron chi connectivity index (χ0n) is 15.5. The number of rotatable bonds is 7. The van der Waals surface area contributed by atoms with E-state index in [-0.39, 0.29) is 12.1 Å². The molecule has 136 valence electrons. The molecule has 2 atom stereocenters. The van der Waals surface area contributed by atoms with Gasteiger partial charge in [0.2, 0.25) is 0 Å². The van der Waals surface area contributed by atoms with Crippen LogP contribution in [0.2, 0.25) is 0 Å². The molecule has 1 aliphatic heterocycles. The van der Waals surface area contributed by atoms with E-state index in [2.05, 4.69) is 36.1 Å². The Balaban J connectivity index is 2.11. The summed E-state index contributed by atoms with van der Waals surface area (Å²) < 4.78 is 28.9. The predicted molar refractivity (Wildman–Crippen MR) is 99.0 cm³/mol. The molecule has 1 heterocycles. The second-order valence-electron chi connectivity index (χ2n) is 6.85. The molecular weight excluding hydrogens is 322 g/mol. The van der Waals surface area contributed by atoms with Crippen molar-refractivity contribution in [1.82, 2.24) is 13.5 Å². The molecule has 6 heteroatoms. The largest absolute Gasteiger partial charge is 0.295 e. The highest BCUT2D eigenvalue weighted by Crippen LogP contribution is 2.28. The van der Waals surface area contributed by atoms with E-state index in [4.69, 9.17) is 0 Å². The number of likely N-dealkylation sites (tertiary alicyclic amines) is 1. The molecule has 1 aliphatic rings. The summed E-state index contributed by atoms with van der Waals surface area (Å²) in [5.41, 5.74) is 1.28. The van der Waals surface area contributed by atoms with Gasteiger partial charge in [0.05, 0.1) is 0 Å². The molecule has 1 aromatic carbocycles. The zero-order chi connectivity index (χ0) is 17.9. The lowest BCUT2D eigenvalue weighted by molar-refractivity contribution is 0.233. The summed E-state index contributed by atoms with van der Waals surface area (Å²) in [4.78, 5) is 2.38. The van der Waals surface area contributed by atoms with Crippen molar-refractivity contribution in [3.63, 3.8) is 0 Å². The highest BCUT2D eigenvalue weighted by atomic mass is 32.2. The standard InChI is InChI=1S/C18H31N3O2S/c1-6-21(24(22,23)19(5)15(2)3)18-12-13-20(14-18)16(4)17-10-8-7-9-11-17/h7-11,15-16,18H,6,12-14H2,1-5H3. The average Bonchev–Trinajstić information content (AvgIpc) is 3.04. The fraction of sp³-hybridized carbons (Fsp3) is 0.667. The van der Waals surface area contributed by atoms with E-state index in [0.29, 0.717) is 12.6 Å². The van der Waals surface area contributed by atoms with E-state index >= 15 is 0 Å². The molecular formula is C18H31N3O2S. The molecule has 2 unspecified atom stereocenters. The van der Waals surface area contributed by atoms with Crippen LogP contribution < -0.4 is 0 Å². The number of nitrogens with zero attached hydrogens (tertiary/aromatic N) is 3. The fourth-order valence-electron chi connectivity index (χ4n) is 3.34. The Labute approximate surface area is 147 Å². The molecule has 0 saturated carbocycles. The van der Waals surface area contributed by atoms with Gasteiger partial charge in [0.25, 0.3) is 10.2 Å². The Hall–Kier alpha value is -0.950. The minimum atomic E-state index is -3.41. The van der Waals surface area contributed by atoms with Gasteiger partial charge in [-0.2, -0.15) is 17.0 Å². The molecule has 0 radical (unpaired) electrons. The SMILES string of the molecule is CCN(C1CCN(C(C)c2ccccc2)C1)S(=O)(=O)N(C)C(C)C. The Kier molecular flexibility index (Phi) is 6.42. The molecule has 5 nitrogen and oxygen atoms in total. The normalized spacial score (nSPS) is 21.1. The van der Waals surface area contributed by atoms with Gasteiger partial charge in [-0.25, -0.2) is 0 Å². The van der Waals surface area contributed by atoms with Crippen LogP contribution in [0, 0.1) is 0 Å². The van der Waals surface area contributed by atoms with Crippen molar-refractivity contribution in [2.75, 3.05) is 26.7 Å². The first kappa shape index (κ1) is 19.4. The summed E-state index contributed by atoms with van der Waals surface area (Å²) in [5.74, 6) is 0. The molecule has 0 N–H and O–H groups in total. The van der Waals surface area contributed by atoms with Gasteiger partial charge in [0, 0.05) is 44.8 Å². The molecule has 1 saturated heterocycles. The molecule has 0 aliphatic carbocycles. The minimum absolute atomic E-state index is 0.0372. The Morgan fingerprint density at radius 2 is 1.83 bits per heavy atom. The number of hydrogen-bond acceptors (Lipinski definition) is 3. The summed E-state index contributed by atoms with van der Waals surface area (Å²) in [6.07, 6.45) is 0.885. The number of benzene rings is 1. The number of likely N-dealkylation sites (N-methyl/N-ethyl adjacent to an activating group) is 1. The van der Waals surface area contributed by atoms with Gasteiger partial charge in [-0.15, -0.1) is 0 Å². The fourth-order valence-corrected chi connectivity index (χ4v) is 5.08. The molecule has 1 fully saturated rings. The highest BCUT2D eigenvalue weighted by molar-refractivity contribution is 7.86. The smallest absolute Gasteiger partial charge is 0.282 e. The van der Waals surface area contributed by atoms with Crippen molar-refractivity contribution in [3.8, 4) is 0 Å². The Morgan fingerprint density at radius 1 is 1.21 bits per heavy atom. The summed E-state index contributed by atoms with van der Waals surface area (Å²) in [6, 6.07) is 10.7. The van der Waals surface area contributed by atoms with E-state index in [9.17, 15) is 8.42 Å². The van der Waals surface area contributed by atoms with Crippen molar-refractivity contribution in [3.05, 3.63) is 35.9 Å². The van der Waals surface area contributed by atoms with E-state index in [1.165, 1.54) is 9.87 Å². The summed E-state index contributed by atoms with van der Waals surface area (Å²) in [6.45, 7) is 10.2. The van der Waals surface area contributed by atoms with Crippen molar-refractivity contribution in [2.45, 2.75) is 52.2 Å². The lowest BCUT2D eigenvalue weighted by Gasteiger charge is -2.33. The molecule has 2 rings (SSSR count). The third kappa shape index (κ3) is 3.99. The Bertz CT molecular complexity index is 618. The van der Waals surface area contributed by atoms with Crippen molar-refractivity contribution < 1.29 is 8.42 Å². The molecule has 0 aromatic heterocycles. The van der Waals surface area contributed by atoms with Crippen LogP contribution in [-0.2, 0) is 10.2 Å². The van der Waals surface area contributed by atoms with Crippen molar-refractivity contribution in [2.24, 2.45) is 0 Å². The van der Waals surface area contributed by atoms with E-state index < -0.39 is 10.2 Å². The van der Waals surface area contributed by atoms with Gasteiger partial charge >= 0.3 is 0 Å². The molecule has 0 spiro atoms. The van der Waals surface area contributed by atoms with Gasteiger partial charge in [-0.3, -0.25) is 4.90 Å². The van der Waals surface area contributed by atoms with Crippen LogP contribution in [0.4, 0.5) is 0 Å². The van der Waals surface area contributed by atoms with Gasteiger partial charge in [0.15, 0.2) is 0 Å². The minimum Gasteiger partial charge on any atom is -0.295 e. The monoisotopic (exact) mass is 353 g/mol. The third-order valence-corrected chi connectivity index (χ3v) is 7.43. The summed E-state index contributed by atoms with van der Waals surface area (Å²) in [7, 11) is -1.74. The van der Waals surface area contributed by atoms with Crippen LogP contribution in [0.15, 0.2) is 30.3 Å². The lowest BCUT2D eigenvalue weighted by atomic mass is 10.1. The van der Waals surface area contributed by atoms with Crippen molar-refractivity contribution >= 4 is 10.2 Å². The van der Waals surface area contributed by atoms with Gasteiger partial charge in [-0.05, 0) is 32.8 Å². The lowest BCUT2D eigenvalue weighted by Crippen LogP contribution is -2.50. The third-order valence-electron chi connectivity index (χ3n) is 5.13. The van der Waals surface area contributed by atoms with E-state index in [1.54, 1.807) is 11.4 Å². The summed E-state index contributed by atoms with van der Waals surface area (Å²) in [5, 5.41) is 0. The summed E-state index contributed by atoms with van der Waals surface area (Å²) >= 11 is 0. The van der Waals surface area contributed by atoms with Gasteiger partial charge in [0.1, 0.15) is 0 Å². The maximum atomic E-state index is 12.9. The first-order valence-corrected chi connectivity index (χ1v) is 10.2.